The van der Waals surface area contributed by atoms with Crippen LogP contribution >= 0.6 is 11.3 Å². The van der Waals surface area contributed by atoms with Gasteiger partial charge in [0, 0.05) is 23.5 Å². The van der Waals surface area contributed by atoms with Gasteiger partial charge in [0.05, 0.1) is 12.0 Å². The van der Waals surface area contributed by atoms with Gasteiger partial charge in [-0.2, -0.15) is 0 Å². The van der Waals surface area contributed by atoms with Crippen LogP contribution in [-0.4, -0.2) is 27.5 Å². The molecular weight excluding hydrogens is 350 g/mol. The maximum Gasteiger partial charge on any atom is 0.348 e. The van der Waals surface area contributed by atoms with E-state index in [9.17, 15) is 9.59 Å². The molecule has 0 radical (unpaired) electrons. The number of hydrogen-bond acceptors (Lipinski definition) is 5. The fraction of sp³-hybridized carbons (Fsp3) is 0.211. The minimum Gasteiger partial charge on any atom is -0.462 e. The minimum atomic E-state index is -0.412. The summed E-state index contributed by atoms with van der Waals surface area (Å²) in [7, 11) is 0. The summed E-state index contributed by atoms with van der Waals surface area (Å²) in [4.78, 5) is 36.3. The van der Waals surface area contributed by atoms with Crippen molar-refractivity contribution in [2.45, 2.75) is 20.3 Å². The number of nitrogens with zero attached hydrogens (tertiary/aromatic N) is 1. The Morgan fingerprint density at radius 3 is 2.92 bits per heavy atom. The van der Waals surface area contributed by atoms with E-state index in [1.54, 1.807) is 13.8 Å². The highest BCUT2D eigenvalue weighted by Gasteiger charge is 2.20. The summed E-state index contributed by atoms with van der Waals surface area (Å²) in [5.74, 6) is 0.162. The molecular formula is C19H17N3O3S. The van der Waals surface area contributed by atoms with Crippen molar-refractivity contribution >= 4 is 38.4 Å². The van der Waals surface area contributed by atoms with E-state index < -0.39 is 5.97 Å². The Kier molecular flexibility index (Phi) is 4.08. The van der Waals surface area contributed by atoms with E-state index in [0.717, 1.165) is 16.5 Å². The van der Waals surface area contributed by atoms with E-state index in [-0.39, 0.29) is 5.56 Å². The van der Waals surface area contributed by atoms with Gasteiger partial charge in [-0.05, 0) is 31.0 Å². The number of rotatable bonds is 4. The summed E-state index contributed by atoms with van der Waals surface area (Å²) in [5, 5.41) is 1.56. The molecule has 4 rings (SSSR count). The molecule has 3 aromatic heterocycles. The molecule has 6 nitrogen and oxygen atoms in total. The van der Waals surface area contributed by atoms with Crippen LogP contribution < -0.4 is 5.56 Å². The Morgan fingerprint density at radius 1 is 1.31 bits per heavy atom. The van der Waals surface area contributed by atoms with Crippen LogP contribution in [-0.2, 0) is 11.2 Å². The van der Waals surface area contributed by atoms with Crippen LogP contribution in [0, 0.1) is 6.92 Å². The molecule has 2 N–H and O–H groups in total. The van der Waals surface area contributed by atoms with Gasteiger partial charge in [0.25, 0.3) is 5.56 Å². The predicted molar refractivity (Wildman–Crippen MR) is 102 cm³/mol. The van der Waals surface area contributed by atoms with E-state index >= 15 is 0 Å². The second-order valence-corrected chi connectivity index (χ2v) is 7.00. The average molecular weight is 367 g/mol. The van der Waals surface area contributed by atoms with Gasteiger partial charge in [-0.3, -0.25) is 4.79 Å². The maximum absolute atomic E-state index is 12.6. The highest BCUT2D eigenvalue weighted by molar-refractivity contribution is 7.20. The number of aromatic nitrogens is 3. The zero-order valence-corrected chi connectivity index (χ0v) is 15.2. The van der Waals surface area contributed by atoms with Crippen LogP contribution in [0.3, 0.4) is 0 Å². The van der Waals surface area contributed by atoms with Crippen LogP contribution in [0.15, 0.2) is 35.3 Å². The molecule has 26 heavy (non-hydrogen) atoms. The number of fused-ring (bicyclic) bond motifs is 2. The summed E-state index contributed by atoms with van der Waals surface area (Å²) >= 11 is 1.20. The third-order valence-corrected chi connectivity index (χ3v) is 5.51. The van der Waals surface area contributed by atoms with E-state index in [1.165, 1.54) is 11.3 Å². The van der Waals surface area contributed by atoms with Crippen molar-refractivity contribution in [3.8, 4) is 0 Å². The third-order valence-electron chi connectivity index (χ3n) is 4.34. The molecule has 0 unspecified atom stereocenters. The molecule has 0 spiro atoms. The van der Waals surface area contributed by atoms with Gasteiger partial charge in [-0.25, -0.2) is 9.78 Å². The normalized spacial score (nSPS) is 11.3. The summed E-state index contributed by atoms with van der Waals surface area (Å²) < 4.78 is 5.07. The summed E-state index contributed by atoms with van der Waals surface area (Å²) in [6.07, 6.45) is 2.43. The first-order chi connectivity index (χ1) is 12.6. The van der Waals surface area contributed by atoms with Crippen molar-refractivity contribution in [1.82, 2.24) is 15.0 Å². The molecule has 0 aliphatic rings. The van der Waals surface area contributed by atoms with Gasteiger partial charge in [0.2, 0.25) is 0 Å². The average Bonchev–Trinajstić information content (AvgIpc) is 3.17. The van der Waals surface area contributed by atoms with Crippen molar-refractivity contribution in [1.29, 1.82) is 0 Å². The summed E-state index contributed by atoms with van der Waals surface area (Å²) in [6.45, 7) is 3.80. The van der Waals surface area contributed by atoms with Gasteiger partial charge < -0.3 is 14.7 Å². The highest BCUT2D eigenvalue weighted by Crippen LogP contribution is 2.28. The first-order valence-corrected chi connectivity index (χ1v) is 9.14. The smallest absolute Gasteiger partial charge is 0.348 e. The zero-order chi connectivity index (χ0) is 18.3. The van der Waals surface area contributed by atoms with Crippen molar-refractivity contribution < 1.29 is 9.53 Å². The monoisotopic (exact) mass is 367 g/mol. The van der Waals surface area contributed by atoms with Crippen LogP contribution in [0.1, 0.15) is 33.5 Å². The number of hydrogen-bond donors (Lipinski definition) is 2. The number of ether oxygens (including phenoxy) is 1. The van der Waals surface area contributed by atoms with E-state index in [4.69, 9.17) is 4.74 Å². The van der Waals surface area contributed by atoms with Gasteiger partial charge >= 0.3 is 5.97 Å². The Bertz CT molecular complexity index is 1190. The van der Waals surface area contributed by atoms with Gasteiger partial charge in [-0.1, -0.05) is 18.2 Å². The topological polar surface area (TPSA) is 87.8 Å². The lowest BCUT2D eigenvalue weighted by molar-refractivity contribution is 0.0531. The molecule has 132 valence electrons. The van der Waals surface area contributed by atoms with Crippen LogP contribution in [0.4, 0.5) is 0 Å². The predicted octanol–water partition coefficient (Wildman–Crippen LogP) is 3.54. The number of esters is 1. The van der Waals surface area contributed by atoms with Crippen LogP contribution in [0.2, 0.25) is 0 Å². The Morgan fingerprint density at radius 2 is 2.12 bits per heavy atom. The standard InChI is InChI=1S/C19H17N3O3S/c1-3-25-19(24)16-10(2)15-17(23)21-14(22-18(15)26-16)8-11-9-20-13-7-5-4-6-12(11)13/h4-7,9,20H,3,8H2,1-2H3,(H,21,22,23). The van der Waals surface area contributed by atoms with Crippen LogP contribution in [0.25, 0.3) is 21.1 Å². The Labute approximate surface area is 152 Å². The Hall–Kier alpha value is -2.93. The first-order valence-electron chi connectivity index (χ1n) is 8.33. The maximum atomic E-state index is 12.6. The minimum absolute atomic E-state index is 0.228. The number of carbonyl (C=O) groups excluding carboxylic acids is 1. The molecule has 0 fully saturated rings. The number of thiophene rings is 1. The molecule has 0 saturated carbocycles. The summed E-state index contributed by atoms with van der Waals surface area (Å²) in [5.41, 5.74) is 2.49. The molecule has 0 aliphatic carbocycles. The van der Waals surface area contributed by atoms with Crippen molar-refractivity contribution in [3.05, 3.63) is 62.6 Å². The molecule has 0 saturated heterocycles. The van der Waals surface area contributed by atoms with E-state index in [2.05, 4.69) is 15.0 Å². The second-order valence-electron chi connectivity index (χ2n) is 6.01. The zero-order valence-electron chi connectivity index (χ0n) is 14.4. The van der Waals surface area contributed by atoms with Gasteiger partial charge in [-0.15, -0.1) is 11.3 Å². The lowest BCUT2D eigenvalue weighted by Gasteiger charge is -2.01. The number of benzene rings is 1. The van der Waals surface area contributed by atoms with E-state index in [1.807, 2.05) is 30.5 Å². The highest BCUT2D eigenvalue weighted by atomic mass is 32.1. The molecule has 0 bridgehead atoms. The number of nitrogens with one attached hydrogen (secondary N) is 2. The molecule has 4 aromatic rings. The third kappa shape index (κ3) is 2.70. The fourth-order valence-electron chi connectivity index (χ4n) is 3.12. The quantitative estimate of drug-likeness (QED) is 0.540. The number of H-pyrrole nitrogens is 2. The van der Waals surface area contributed by atoms with Crippen LogP contribution in [0.5, 0.6) is 0 Å². The lowest BCUT2D eigenvalue weighted by Crippen LogP contribution is -2.12. The number of aromatic amines is 2. The molecule has 1 aromatic carbocycles. The van der Waals surface area contributed by atoms with E-state index in [0.29, 0.717) is 39.5 Å². The SMILES string of the molecule is CCOC(=O)c1sc2nc(Cc3c[nH]c4ccccc34)[nH]c(=O)c2c1C. The van der Waals surface area contributed by atoms with Gasteiger partial charge in [0.15, 0.2) is 0 Å². The van der Waals surface area contributed by atoms with Crippen molar-refractivity contribution in [2.75, 3.05) is 6.61 Å². The van der Waals surface area contributed by atoms with Crippen molar-refractivity contribution in [3.63, 3.8) is 0 Å². The molecule has 0 atom stereocenters. The Balaban J connectivity index is 1.77. The fourth-order valence-corrected chi connectivity index (χ4v) is 4.22. The van der Waals surface area contributed by atoms with Gasteiger partial charge in [0.1, 0.15) is 15.5 Å². The number of para-hydroxylation sites is 1. The lowest BCUT2D eigenvalue weighted by atomic mass is 10.1. The largest absolute Gasteiger partial charge is 0.462 e. The molecule has 0 aliphatic heterocycles. The summed E-state index contributed by atoms with van der Waals surface area (Å²) in [6, 6.07) is 7.99. The molecule has 0 amide bonds. The molecule has 7 heteroatoms. The second kappa shape index (κ2) is 6.42. The number of carbonyl (C=O) groups is 1. The number of aryl methyl sites for hydroxylation is 1. The molecule has 3 heterocycles. The van der Waals surface area contributed by atoms with Crippen molar-refractivity contribution in [2.24, 2.45) is 0 Å². The first kappa shape index (κ1) is 16.5.